The first kappa shape index (κ1) is 11.1. The van der Waals surface area contributed by atoms with E-state index < -0.39 is 0 Å². The van der Waals surface area contributed by atoms with Crippen molar-refractivity contribution in [2.45, 2.75) is 39.5 Å². The van der Waals surface area contributed by atoms with Gasteiger partial charge in [0.25, 0.3) is 0 Å². The zero-order valence-electron chi connectivity index (χ0n) is 9.16. The van der Waals surface area contributed by atoms with Crippen molar-refractivity contribution >= 4 is 0 Å². The summed E-state index contributed by atoms with van der Waals surface area (Å²) in [5.41, 5.74) is 1.09. The summed E-state index contributed by atoms with van der Waals surface area (Å²) >= 11 is 0. The molecule has 0 bridgehead atoms. The van der Waals surface area contributed by atoms with Crippen molar-refractivity contribution in [1.82, 2.24) is 0 Å². The molecule has 1 nitrogen and oxygen atoms in total. The van der Waals surface area contributed by atoms with Crippen LogP contribution in [-0.4, -0.2) is 5.11 Å². The van der Waals surface area contributed by atoms with Gasteiger partial charge in [-0.2, -0.15) is 0 Å². The maximum atomic E-state index is 9.62. The number of para-hydroxylation sites is 1. The van der Waals surface area contributed by atoms with Crippen LogP contribution in [0.3, 0.4) is 0 Å². The molecule has 0 aromatic heterocycles. The van der Waals surface area contributed by atoms with Crippen LogP contribution in [0.2, 0.25) is 0 Å². The number of phenolic OH excluding ortho intramolecular Hbond substituents is 1. The number of phenols is 1. The van der Waals surface area contributed by atoms with Crippen molar-refractivity contribution in [3.8, 4) is 5.75 Å². The van der Waals surface area contributed by atoms with Crippen molar-refractivity contribution in [1.29, 1.82) is 0 Å². The zero-order valence-corrected chi connectivity index (χ0v) is 9.16. The van der Waals surface area contributed by atoms with Crippen LogP contribution in [0.4, 0.5) is 0 Å². The summed E-state index contributed by atoms with van der Waals surface area (Å²) in [7, 11) is 0. The monoisotopic (exact) mass is 192 g/mol. The molecule has 0 aliphatic heterocycles. The summed E-state index contributed by atoms with van der Waals surface area (Å²) < 4.78 is 0. The van der Waals surface area contributed by atoms with Crippen LogP contribution in [0.1, 0.15) is 38.7 Å². The predicted octanol–water partition coefficient (Wildman–Crippen LogP) is 3.76. The van der Waals surface area contributed by atoms with Crippen LogP contribution in [-0.2, 0) is 6.42 Å². The highest BCUT2D eigenvalue weighted by Crippen LogP contribution is 2.23. The minimum atomic E-state index is 0.446. The predicted molar refractivity (Wildman–Crippen MR) is 60.5 cm³/mol. The van der Waals surface area contributed by atoms with Crippen LogP contribution >= 0.6 is 0 Å². The van der Waals surface area contributed by atoms with Crippen molar-refractivity contribution in [3.63, 3.8) is 0 Å². The summed E-state index contributed by atoms with van der Waals surface area (Å²) in [6, 6.07) is 7.66. The normalized spacial score (nSPS) is 12.7. The molecular formula is C13H20O. The lowest BCUT2D eigenvalue weighted by molar-refractivity contribution is 0.433. The fourth-order valence-electron chi connectivity index (χ4n) is 1.85. The molecule has 0 radical (unpaired) electrons. The number of rotatable bonds is 5. The van der Waals surface area contributed by atoms with E-state index in [1.165, 1.54) is 19.3 Å². The standard InChI is InChI=1S/C13H20O/c1-3-7-11(4-2)10-12-8-5-6-9-13(12)14/h5-6,8-9,11,14H,3-4,7,10H2,1-2H3. The zero-order chi connectivity index (χ0) is 10.4. The van der Waals surface area contributed by atoms with E-state index in [2.05, 4.69) is 13.8 Å². The van der Waals surface area contributed by atoms with Gasteiger partial charge in [-0.15, -0.1) is 0 Å². The Morgan fingerprint density at radius 1 is 1.21 bits per heavy atom. The van der Waals surface area contributed by atoms with Gasteiger partial charge in [-0.3, -0.25) is 0 Å². The molecular weight excluding hydrogens is 172 g/mol. The Bertz CT molecular complexity index is 268. The second kappa shape index (κ2) is 5.69. The minimum absolute atomic E-state index is 0.446. The largest absolute Gasteiger partial charge is 0.508 e. The third-order valence-corrected chi connectivity index (χ3v) is 2.77. The van der Waals surface area contributed by atoms with E-state index in [1.807, 2.05) is 18.2 Å². The second-order valence-electron chi connectivity index (χ2n) is 3.90. The van der Waals surface area contributed by atoms with Crippen LogP contribution < -0.4 is 0 Å². The van der Waals surface area contributed by atoms with Gasteiger partial charge in [0.05, 0.1) is 0 Å². The van der Waals surface area contributed by atoms with Gasteiger partial charge in [0.2, 0.25) is 0 Å². The van der Waals surface area contributed by atoms with Crippen LogP contribution in [0.25, 0.3) is 0 Å². The Morgan fingerprint density at radius 3 is 2.50 bits per heavy atom. The average Bonchev–Trinajstić information content (AvgIpc) is 2.20. The molecule has 0 aliphatic carbocycles. The topological polar surface area (TPSA) is 20.2 Å². The van der Waals surface area contributed by atoms with E-state index in [-0.39, 0.29) is 0 Å². The van der Waals surface area contributed by atoms with Crippen LogP contribution in [0.15, 0.2) is 24.3 Å². The molecule has 0 spiro atoms. The van der Waals surface area contributed by atoms with Gasteiger partial charge < -0.3 is 5.11 Å². The highest BCUT2D eigenvalue weighted by molar-refractivity contribution is 5.31. The molecule has 0 saturated carbocycles. The molecule has 0 heterocycles. The number of aromatic hydroxyl groups is 1. The summed E-state index contributed by atoms with van der Waals surface area (Å²) in [4.78, 5) is 0. The Morgan fingerprint density at radius 2 is 1.93 bits per heavy atom. The molecule has 1 aromatic rings. The maximum absolute atomic E-state index is 9.62. The minimum Gasteiger partial charge on any atom is -0.508 e. The molecule has 1 heteroatoms. The molecule has 78 valence electrons. The van der Waals surface area contributed by atoms with E-state index in [4.69, 9.17) is 0 Å². The highest BCUT2D eigenvalue weighted by atomic mass is 16.3. The smallest absolute Gasteiger partial charge is 0.118 e. The third kappa shape index (κ3) is 3.06. The van der Waals surface area contributed by atoms with Gasteiger partial charge in [0, 0.05) is 0 Å². The van der Waals surface area contributed by atoms with E-state index in [9.17, 15) is 5.11 Å². The van der Waals surface area contributed by atoms with Crippen molar-refractivity contribution in [2.24, 2.45) is 5.92 Å². The first-order chi connectivity index (χ1) is 6.77. The van der Waals surface area contributed by atoms with Crippen molar-refractivity contribution in [2.75, 3.05) is 0 Å². The first-order valence-electron chi connectivity index (χ1n) is 5.54. The average molecular weight is 192 g/mol. The summed E-state index contributed by atoms with van der Waals surface area (Å²) in [5, 5.41) is 9.62. The van der Waals surface area contributed by atoms with Crippen LogP contribution in [0.5, 0.6) is 5.75 Å². The van der Waals surface area contributed by atoms with Crippen molar-refractivity contribution in [3.05, 3.63) is 29.8 Å². The molecule has 1 N–H and O–H groups in total. The first-order valence-corrected chi connectivity index (χ1v) is 5.54. The van der Waals surface area contributed by atoms with Gasteiger partial charge in [-0.25, -0.2) is 0 Å². The number of benzene rings is 1. The number of hydrogen-bond donors (Lipinski definition) is 1. The number of hydrogen-bond acceptors (Lipinski definition) is 1. The Balaban J connectivity index is 2.62. The van der Waals surface area contributed by atoms with Gasteiger partial charge in [-0.1, -0.05) is 51.3 Å². The van der Waals surface area contributed by atoms with Gasteiger partial charge >= 0.3 is 0 Å². The van der Waals surface area contributed by atoms with E-state index >= 15 is 0 Å². The van der Waals surface area contributed by atoms with Gasteiger partial charge in [0.15, 0.2) is 0 Å². The molecule has 14 heavy (non-hydrogen) atoms. The fraction of sp³-hybridized carbons (Fsp3) is 0.538. The fourth-order valence-corrected chi connectivity index (χ4v) is 1.85. The Kier molecular flexibility index (Phi) is 4.51. The lowest BCUT2D eigenvalue weighted by Crippen LogP contribution is -2.02. The molecule has 0 amide bonds. The quantitative estimate of drug-likeness (QED) is 0.753. The van der Waals surface area contributed by atoms with E-state index in [1.54, 1.807) is 6.07 Å². The maximum Gasteiger partial charge on any atom is 0.118 e. The highest BCUT2D eigenvalue weighted by Gasteiger charge is 2.08. The molecule has 1 rings (SSSR count). The molecule has 1 atom stereocenters. The molecule has 1 aromatic carbocycles. The lowest BCUT2D eigenvalue weighted by Gasteiger charge is -2.14. The second-order valence-corrected chi connectivity index (χ2v) is 3.90. The molecule has 0 saturated heterocycles. The Hall–Kier alpha value is -0.980. The summed E-state index contributed by atoms with van der Waals surface area (Å²) in [6.45, 7) is 4.44. The SMILES string of the molecule is CCCC(CC)Cc1ccccc1O. The molecule has 0 aliphatic rings. The Labute approximate surface area is 86.8 Å². The molecule has 0 fully saturated rings. The van der Waals surface area contributed by atoms with Gasteiger partial charge in [0.1, 0.15) is 5.75 Å². The van der Waals surface area contributed by atoms with Crippen molar-refractivity contribution < 1.29 is 5.11 Å². The molecule has 1 unspecified atom stereocenters. The van der Waals surface area contributed by atoms with E-state index in [0.717, 1.165) is 12.0 Å². The van der Waals surface area contributed by atoms with E-state index in [0.29, 0.717) is 11.7 Å². The van der Waals surface area contributed by atoms with Crippen LogP contribution in [0, 0.1) is 5.92 Å². The van der Waals surface area contributed by atoms with Gasteiger partial charge in [-0.05, 0) is 24.0 Å². The summed E-state index contributed by atoms with van der Waals surface area (Å²) in [6.07, 6.45) is 4.69. The third-order valence-electron chi connectivity index (χ3n) is 2.77. The summed E-state index contributed by atoms with van der Waals surface area (Å²) in [5.74, 6) is 1.16. The lowest BCUT2D eigenvalue weighted by atomic mass is 9.92.